The van der Waals surface area contributed by atoms with E-state index in [2.05, 4.69) is 10.3 Å². The van der Waals surface area contributed by atoms with Crippen molar-refractivity contribution in [3.05, 3.63) is 17.3 Å². The third kappa shape index (κ3) is 5.19. The first-order valence-electron chi connectivity index (χ1n) is 5.50. The average molecular weight is 244 g/mol. The van der Waals surface area contributed by atoms with E-state index in [1.165, 1.54) is 0 Å². The van der Waals surface area contributed by atoms with Gasteiger partial charge in [-0.05, 0) is 18.9 Å². The van der Waals surface area contributed by atoms with Gasteiger partial charge in [-0.3, -0.25) is 0 Å². The molecular weight excluding hydrogens is 226 g/mol. The minimum atomic E-state index is 0.278. The lowest BCUT2D eigenvalue weighted by molar-refractivity contribution is 0.283. The Balaban J connectivity index is 2.21. The third-order valence-corrected chi connectivity index (χ3v) is 2.40. The summed E-state index contributed by atoms with van der Waals surface area (Å²) in [6.45, 7) is 1.12. The molecule has 0 aliphatic carbocycles. The zero-order valence-corrected chi connectivity index (χ0v) is 10.0. The Labute approximate surface area is 101 Å². The number of pyridine rings is 1. The first-order chi connectivity index (χ1) is 7.72. The predicted octanol–water partition coefficient (Wildman–Crippen LogP) is 2.28. The summed E-state index contributed by atoms with van der Waals surface area (Å²) in [4.78, 5) is 4.10. The molecule has 90 valence electrons. The molecule has 4 N–H and O–H groups in total. The number of unbranched alkanes of at least 4 members (excludes halogenated alkanes) is 3. The molecule has 0 amide bonds. The summed E-state index contributed by atoms with van der Waals surface area (Å²) in [5, 5.41) is 12.2. The van der Waals surface area contributed by atoms with E-state index in [9.17, 15) is 0 Å². The fourth-order valence-electron chi connectivity index (χ4n) is 1.41. The summed E-state index contributed by atoms with van der Waals surface area (Å²) >= 11 is 5.77. The summed E-state index contributed by atoms with van der Waals surface area (Å²) in [6, 6.07) is 3.38. The normalized spacial score (nSPS) is 10.4. The molecule has 0 unspecified atom stereocenters. The van der Waals surface area contributed by atoms with Gasteiger partial charge in [0, 0.05) is 24.9 Å². The number of aromatic nitrogens is 1. The fraction of sp³-hybridized carbons (Fsp3) is 0.545. The Kier molecular flexibility index (Phi) is 5.96. The Morgan fingerprint density at radius 1 is 1.25 bits per heavy atom. The molecule has 16 heavy (non-hydrogen) atoms. The fourth-order valence-corrected chi connectivity index (χ4v) is 1.63. The molecule has 1 aromatic heterocycles. The first kappa shape index (κ1) is 13.1. The van der Waals surface area contributed by atoms with Crippen LogP contribution in [-0.2, 0) is 0 Å². The molecule has 0 aliphatic heterocycles. The maximum Gasteiger partial charge on any atom is 0.133 e. The highest BCUT2D eigenvalue weighted by atomic mass is 35.5. The second-order valence-corrected chi connectivity index (χ2v) is 4.06. The molecule has 1 aromatic rings. The van der Waals surface area contributed by atoms with Gasteiger partial charge in [0.2, 0.25) is 0 Å². The lowest BCUT2D eigenvalue weighted by Crippen LogP contribution is -2.04. The van der Waals surface area contributed by atoms with Crippen LogP contribution in [-0.4, -0.2) is 23.2 Å². The molecule has 4 nitrogen and oxygen atoms in total. The summed E-state index contributed by atoms with van der Waals surface area (Å²) in [5.74, 6) is 0.715. The molecule has 5 heteroatoms. The lowest BCUT2D eigenvalue weighted by atomic mass is 10.2. The van der Waals surface area contributed by atoms with Crippen molar-refractivity contribution in [3.8, 4) is 0 Å². The molecule has 1 heterocycles. The second kappa shape index (κ2) is 7.30. The minimum absolute atomic E-state index is 0.278. The molecule has 0 saturated carbocycles. The predicted molar refractivity (Wildman–Crippen MR) is 67.7 cm³/mol. The molecule has 1 rings (SSSR count). The average Bonchev–Trinajstić information content (AvgIpc) is 2.22. The summed E-state index contributed by atoms with van der Waals surface area (Å²) in [6.07, 6.45) is 4.09. The maximum absolute atomic E-state index is 8.61. The zero-order valence-electron chi connectivity index (χ0n) is 9.25. The van der Waals surface area contributed by atoms with Crippen LogP contribution in [0.25, 0.3) is 0 Å². The van der Waals surface area contributed by atoms with Gasteiger partial charge in [-0.15, -0.1) is 0 Å². The van der Waals surface area contributed by atoms with Gasteiger partial charge in [0.05, 0.1) is 0 Å². The highest BCUT2D eigenvalue weighted by Gasteiger charge is 1.98. The lowest BCUT2D eigenvalue weighted by Gasteiger charge is -2.06. The highest BCUT2D eigenvalue weighted by molar-refractivity contribution is 6.29. The van der Waals surface area contributed by atoms with E-state index in [4.69, 9.17) is 22.4 Å². The van der Waals surface area contributed by atoms with Crippen molar-refractivity contribution >= 4 is 23.1 Å². The molecule has 0 saturated heterocycles. The van der Waals surface area contributed by atoms with E-state index in [0.29, 0.717) is 16.7 Å². The number of aliphatic hydroxyl groups is 1. The molecule has 0 aliphatic rings. The van der Waals surface area contributed by atoms with Crippen molar-refractivity contribution in [2.45, 2.75) is 25.7 Å². The van der Waals surface area contributed by atoms with Gasteiger partial charge in [-0.2, -0.15) is 0 Å². The van der Waals surface area contributed by atoms with Crippen LogP contribution < -0.4 is 11.1 Å². The van der Waals surface area contributed by atoms with E-state index in [1.807, 2.05) is 0 Å². The highest BCUT2D eigenvalue weighted by Crippen LogP contribution is 2.15. The van der Waals surface area contributed by atoms with E-state index in [-0.39, 0.29) is 6.61 Å². The van der Waals surface area contributed by atoms with E-state index in [1.54, 1.807) is 12.1 Å². The van der Waals surface area contributed by atoms with Crippen molar-refractivity contribution in [1.29, 1.82) is 0 Å². The number of nitrogen functional groups attached to an aromatic ring is 1. The smallest absolute Gasteiger partial charge is 0.133 e. The standard InChI is InChI=1S/C11H18ClN3O/c12-10-7-9(13)8-11(15-10)14-5-3-1-2-4-6-16/h7-8,16H,1-6H2,(H3,13,14,15). The van der Waals surface area contributed by atoms with Gasteiger partial charge in [0.15, 0.2) is 0 Å². The van der Waals surface area contributed by atoms with Crippen LogP contribution in [0.15, 0.2) is 12.1 Å². The summed E-state index contributed by atoms with van der Waals surface area (Å²) < 4.78 is 0. The Morgan fingerprint density at radius 3 is 2.69 bits per heavy atom. The van der Waals surface area contributed by atoms with Gasteiger partial charge in [0.25, 0.3) is 0 Å². The number of aliphatic hydroxyl groups excluding tert-OH is 1. The second-order valence-electron chi connectivity index (χ2n) is 3.67. The maximum atomic E-state index is 8.61. The van der Waals surface area contributed by atoms with Crippen LogP contribution in [0.5, 0.6) is 0 Å². The number of halogens is 1. The number of rotatable bonds is 7. The molecule has 0 atom stereocenters. The largest absolute Gasteiger partial charge is 0.399 e. The SMILES string of the molecule is Nc1cc(Cl)nc(NCCCCCCO)c1. The Bertz CT molecular complexity index is 300. The third-order valence-electron chi connectivity index (χ3n) is 2.21. The molecule has 0 fully saturated rings. The Hall–Kier alpha value is -1.00. The quantitative estimate of drug-likeness (QED) is 0.508. The summed E-state index contributed by atoms with van der Waals surface area (Å²) in [7, 11) is 0. The number of nitrogens with zero attached hydrogens (tertiary/aromatic N) is 1. The van der Waals surface area contributed by atoms with E-state index >= 15 is 0 Å². The molecule has 0 aromatic carbocycles. The zero-order chi connectivity index (χ0) is 11.8. The van der Waals surface area contributed by atoms with Crippen LogP contribution in [0, 0.1) is 0 Å². The van der Waals surface area contributed by atoms with Crippen molar-refractivity contribution in [1.82, 2.24) is 4.98 Å². The number of anilines is 2. The summed E-state index contributed by atoms with van der Waals surface area (Å²) in [5.41, 5.74) is 6.25. The number of nitrogens with one attached hydrogen (secondary N) is 1. The molecule has 0 bridgehead atoms. The van der Waals surface area contributed by atoms with Gasteiger partial charge < -0.3 is 16.2 Å². The molecule has 0 spiro atoms. The van der Waals surface area contributed by atoms with Crippen LogP contribution in [0.1, 0.15) is 25.7 Å². The first-order valence-corrected chi connectivity index (χ1v) is 5.88. The molecule has 0 radical (unpaired) electrons. The van der Waals surface area contributed by atoms with Gasteiger partial charge in [0.1, 0.15) is 11.0 Å². The number of hydrogen-bond donors (Lipinski definition) is 3. The van der Waals surface area contributed by atoms with Gasteiger partial charge >= 0.3 is 0 Å². The Morgan fingerprint density at radius 2 is 2.00 bits per heavy atom. The monoisotopic (exact) mass is 243 g/mol. The molecular formula is C11H18ClN3O. The van der Waals surface area contributed by atoms with Crippen LogP contribution in [0.3, 0.4) is 0 Å². The van der Waals surface area contributed by atoms with Gasteiger partial charge in [-0.1, -0.05) is 24.4 Å². The topological polar surface area (TPSA) is 71.2 Å². The van der Waals surface area contributed by atoms with Gasteiger partial charge in [-0.25, -0.2) is 4.98 Å². The van der Waals surface area contributed by atoms with E-state index in [0.717, 1.165) is 32.2 Å². The van der Waals surface area contributed by atoms with Crippen LogP contribution in [0.2, 0.25) is 5.15 Å². The number of nitrogens with two attached hydrogens (primary N) is 1. The van der Waals surface area contributed by atoms with Crippen molar-refractivity contribution in [3.63, 3.8) is 0 Å². The van der Waals surface area contributed by atoms with E-state index < -0.39 is 0 Å². The minimum Gasteiger partial charge on any atom is -0.399 e. The van der Waals surface area contributed by atoms with Crippen molar-refractivity contribution in [2.75, 3.05) is 24.2 Å². The van der Waals surface area contributed by atoms with Crippen LogP contribution >= 0.6 is 11.6 Å². The van der Waals surface area contributed by atoms with Crippen molar-refractivity contribution < 1.29 is 5.11 Å². The van der Waals surface area contributed by atoms with Crippen molar-refractivity contribution in [2.24, 2.45) is 0 Å². The van der Waals surface area contributed by atoms with Crippen LogP contribution in [0.4, 0.5) is 11.5 Å². The number of hydrogen-bond acceptors (Lipinski definition) is 4.